The minimum atomic E-state index is -1.20. The molecule has 84 valence electrons. The Balaban J connectivity index is 2.32. The fraction of sp³-hybridized carbons (Fsp3) is 0.250. The van der Waals surface area contributed by atoms with Crippen molar-refractivity contribution in [3.8, 4) is 0 Å². The predicted molar refractivity (Wildman–Crippen MR) is 61.5 cm³/mol. The van der Waals surface area contributed by atoms with E-state index >= 15 is 0 Å². The molecule has 0 radical (unpaired) electrons. The van der Waals surface area contributed by atoms with Crippen molar-refractivity contribution in [3.63, 3.8) is 0 Å². The maximum absolute atomic E-state index is 11.1. The summed E-state index contributed by atoms with van der Waals surface area (Å²) in [6.45, 7) is 0. The standard InChI is InChI=1S/C12H12ClNO2/c13-9-4-3-7-11(8-9)14(12(15)16)10-5-1-2-6-10/h1,3-5,7-8,10H,2,6H2,(H,15,16)/p-1. The number of benzene rings is 1. The van der Waals surface area contributed by atoms with Crippen LogP contribution >= 0.6 is 11.6 Å². The summed E-state index contributed by atoms with van der Waals surface area (Å²) in [7, 11) is 0. The number of rotatable bonds is 2. The molecule has 0 fully saturated rings. The summed E-state index contributed by atoms with van der Waals surface area (Å²) in [4.78, 5) is 12.4. The van der Waals surface area contributed by atoms with Crippen molar-refractivity contribution in [1.29, 1.82) is 0 Å². The monoisotopic (exact) mass is 236 g/mol. The van der Waals surface area contributed by atoms with Crippen LogP contribution in [0.1, 0.15) is 12.8 Å². The Kier molecular flexibility index (Phi) is 3.15. The van der Waals surface area contributed by atoms with Crippen LogP contribution in [-0.2, 0) is 0 Å². The van der Waals surface area contributed by atoms with Gasteiger partial charge in [-0.15, -0.1) is 0 Å². The molecule has 0 saturated carbocycles. The number of anilines is 1. The van der Waals surface area contributed by atoms with E-state index in [0.717, 1.165) is 12.8 Å². The smallest absolute Gasteiger partial charge is 0.142 e. The van der Waals surface area contributed by atoms with Gasteiger partial charge in [0.25, 0.3) is 0 Å². The van der Waals surface area contributed by atoms with Gasteiger partial charge in [0, 0.05) is 10.7 Å². The molecule has 0 N–H and O–H groups in total. The third-order valence-electron chi connectivity index (χ3n) is 2.60. The van der Waals surface area contributed by atoms with Gasteiger partial charge >= 0.3 is 0 Å². The van der Waals surface area contributed by atoms with Crippen LogP contribution in [0.5, 0.6) is 0 Å². The van der Waals surface area contributed by atoms with Crippen LogP contribution in [0.3, 0.4) is 0 Å². The van der Waals surface area contributed by atoms with Crippen LogP contribution in [0.15, 0.2) is 36.4 Å². The number of halogens is 1. The summed E-state index contributed by atoms with van der Waals surface area (Å²) in [5.41, 5.74) is 0.559. The second kappa shape index (κ2) is 4.58. The first-order chi connectivity index (χ1) is 7.68. The summed E-state index contributed by atoms with van der Waals surface area (Å²) in [5, 5.41) is 11.7. The van der Waals surface area contributed by atoms with Gasteiger partial charge in [-0.05, 0) is 31.0 Å². The number of amides is 1. The average Bonchev–Trinajstić information content (AvgIpc) is 2.71. The van der Waals surface area contributed by atoms with Crippen molar-refractivity contribution in [2.45, 2.75) is 18.9 Å². The predicted octanol–water partition coefficient (Wildman–Crippen LogP) is 2.21. The third kappa shape index (κ3) is 2.19. The molecule has 1 aromatic rings. The van der Waals surface area contributed by atoms with E-state index in [-0.39, 0.29) is 6.04 Å². The Morgan fingerprint density at radius 2 is 2.31 bits per heavy atom. The molecule has 3 nitrogen and oxygen atoms in total. The van der Waals surface area contributed by atoms with Crippen molar-refractivity contribution >= 4 is 23.4 Å². The lowest BCUT2D eigenvalue weighted by molar-refractivity contribution is -0.246. The van der Waals surface area contributed by atoms with Crippen molar-refractivity contribution in [1.82, 2.24) is 0 Å². The zero-order chi connectivity index (χ0) is 11.5. The highest BCUT2D eigenvalue weighted by atomic mass is 35.5. The number of allylic oxidation sites excluding steroid dienone is 1. The minimum Gasteiger partial charge on any atom is -0.530 e. The zero-order valence-corrected chi connectivity index (χ0v) is 9.35. The van der Waals surface area contributed by atoms with E-state index in [1.165, 1.54) is 4.90 Å². The molecule has 1 aromatic carbocycles. The Morgan fingerprint density at radius 3 is 2.88 bits per heavy atom. The fourth-order valence-corrected chi connectivity index (χ4v) is 2.07. The van der Waals surface area contributed by atoms with Gasteiger partial charge in [0.2, 0.25) is 0 Å². The van der Waals surface area contributed by atoms with Gasteiger partial charge in [-0.25, -0.2) is 0 Å². The van der Waals surface area contributed by atoms with E-state index in [9.17, 15) is 9.90 Å². The fourth-order valence-electron chi connectivity index (χ4n) is 1.89. The number of hydrogen-bond donors (Lipinski definition) is 0. The van der Waals surface area contributed by atoms with E-state index in [2.05, 4.69) is 0 Å². The molecular weight excluding hydrogens is 226 g/mol. The number of carboxylic acid groups (broad SMARTS) is 1. The van der Waals surface area contributed by atoms with Gasteiger partial charge in [-0.1, -0.05) is 29.8 Å². The van der Waals surface area contributed by atoms with Crippen molar-refractivity contribution < 1.29 is 9.90 Å². The summed E-state index contributed by atoms with van der Waals surface area (Å²) >= 11 is 5.84. The second-order valence-electron chi connectivity index (χ2n) is 3.69. The van der Waals surface area contributed by atoms with E-state index in [1.807, 2.05) is 12.2 Å². The van der Waals surface area contributed by atoms with E-state index in [1.54, 1.807) is 24.3 Å². The zero-order valence-electron chi connectivity index (χ0n) is 8.60. The summed E-state index contributed by atoms with van der Waals surface area (Å²) in [5.74, 6) is 0. The molecule has 0 heterocycles. The van der Waals surface area contributed by atoms with Gasteiger partial charge in [0.1, 0.15) is 6.09 Å². The normalized spacial score (nSPS) is 18.7. The van der Waals surface area contributed by atoms with Gasteiger partial charge in [0.05, 0.1) is 6.04 Å². The largest absolute Gasteiger partial charge is 0.530 e. The SMILES string of the molecule is O=C([O-])N(c1cccc(Cl)c1)C1C=CCC1. The molecule has 1 aliphatic rings. The molecule has 2 rings (SSSR count). The molecule has 16 heavy (non-hydrogen) atoms. The van der Waals surface area contributed by atoms with E-state index < -0.39 is 6.09 Å². The molecule has 1 amide bonds. The van der Waals surface area contributed by atoms with Crippen LogP contribution in [0.25, 0.3) is 0 Å². The van der Waals surface area contributed by atoms with Crippen molar-refractivity contribution in [3.05, 3.63) is 41.4 Å². The number of carbonyl (C=O) groups is 1. The lowest BCUT2D eigenvalue weighted by Gasteiger charge is -2.30. The van der Waals surface area contributed by atoms with Crippen molar-refractivity contribution in [2.24, 2.45) is 0 Å². The van der Waals surface area contributed by atoms with Crippen molar-refractivity contribution in [2.75, 3.05) is 4.90 Å². The number of hydrogen-bond acceptors (Lipinski definition) is 2. The molecule has 0 spiro atoms. The molecule has 0 aliphatic heterocycles. The molecule has 0 aromatic heterocycles. The first kappa shape index (κ1) is 11.0. The van der Waals surface area contributed by atoms with Crippen LogP contribution in [0.2, 0.25) is 5.02 Å². The maximum Gasteiger partial charge on any atom is 0.142 e. The summed E-state index contributed by atoms with van der Waals surface area (Å²) in [6.07, 6.45) is 4.36. The van der Waals surface area contributed by atoms with Gasteiger partial charge in [-0.2, -0.15) is 0 Å². The topological polar surface area (TPSA) is 43.4 Å². The average molecular weight is 237 g/mol. The molecular formula is C12H11ClNO2-. The lowest BCUT2D eigenvalue weighted by Crippen LogP contribution is -2.46. The number of nitrogens with zero attached hydrogens (tertiary/aromatic N) is 1. The number of carbonyl (C=O) groups excluding carboxylic acids is 1. The highest BCUT2D eigenvalue weighted by molar-refractivity contribution is 6.30. The highest BCUT2D eigenvalue weighted by Gasteiger charge is 2.20. The summed E-state index contributed by atoms with van der Waals surface area (Å²) in [6, 6.07) is 6.65. The van der Waals surface area contributed by atoms with E-state index in [0.29, 0.717) is 10.7 Å². The molecule has 0 saturated heterocycles. The Bertz CT molecular complexity index is 431. The van der Waals surface area contributed by atoms with Gasteiger partial charge < -0.3 is 14.8 Å². The first-order valence-electron chi connectivity index (χ1n) is 5.11. The van der Waals surface area contributed by atoms with Crippen LogP contribution < -0.4 is 10.0 Å². The molecule has 4 heteroatoms. The maximum atomic E-state index is 11.1. The lowest BCUT2D eigenvalue weighted by atomic mass is 10.2. The quantitative estimate of drug-likeness (QED) is 0.739. The van der Waals surface area contributed by atoms with Crippen LogP contribution in [0.4, 0.5) is 10.5 Å². The Morgan fingerprint density at radius 1 is 1.50 bits per heavy atom. The van der Waals surface area contributed by atoms with Gasteiger partial charge in [0.15, 0.2) is 0 Å². The van der Waals surface area contributed by atoms with E-state index in [4.69, 9.17) is 11.6 Å². The third-order valence-corrected chi connectivity index (χ3v) is 2.84. The molecule has 1 unspecified atom stereocenters. The molecule has 0 bridgehead atoms. The summed E-state index contributed by atoms with van der Waals surface area (Å²) < 4.78 is 0. The molecule has 1 aliphatic carbocycles. The van der Waals surface area contributed by atoms with Gasteiger partial charge in [-0.3, -0.25) is 0 Å². The minimum absolute atomic E-state index is 0.136. The Hall–Kier alpha value is -1.48. The van der Waals surface area contributed by atoms with Crippen LogP contribution in [0, 0.1) is 0 Å². The van der Waals surface area contributed by atoms with Crippen LogP contribution in [-0.4, -0.2) is 12.1 Å². The Labute approximate surface area is 98.9 Å². The second-order valence-corrected chi connectivity index (χ2v) is 4.13. The molecule has 1 atom stereocenters. The highest BCUT2D eigenvalue weighted by Crippen LogP contribution is 2.25. The first-order valence-corrected chi connectivity index (χ1v) is 5.49.